The van der Waals surface area contributed by atoms with E-state index in [0.29, 0.717) is 28.6 Å². The van der Waals surface area contributed by atoms with Gasteiger partial charge in [-0.05, 0) is 54.5 Å². The highest BCUT2D eigenvalue weighted by molar-refractivity contribution is 7.17. The second-order valence-electron chi connectivity index (χ2n) is 6.99. The molecule has 1 aliphatic carbocycles. The summed E-state index contributed by atoms with van der Waals surface area (Å²) in [5, 5.41) is 6.06. The quantitative estimate of drug-likeness (QED) is 0.653. The maximum absolute atomic E-state index is 12.7. The van der Waals surface area contributed by atoms with Gasteiger partial charge in [-0.1, -0.05) is 25.6 Å². The van der Waals surface area contributed by atoms with Gasteiger partial charge in [0.15, 0.2) is 0 Å². The van der Waals surface area contributed by atoms with Crippen LogP contribution in [-0.2, 0) is 24.2 Å². The van der Waals surface area contributed by atoms with E-state index in [4.69, 9.17) is 5.73 Å². The van der Waals surface area contributed by atoms with E-state index >= 15 is 0 Å². The number of nitrogens with two attached hydrogens (primary N) is 1. The van der Waals surface area contributed by atoms with E-state index in [1.165, 1.54) is 17.4 Å². The average molecular weight is 398 g/mol. The Labute approximate surface area is 167 Å². The Kier molecular flexibility index (Phi) is 5.94. The molecule has 4 N–H and O–H groups in total. The third kappa shape index (κ3) is 4.31. The van der Waals surface area contributed by atoms with Gasteiger partial charge in [-0.3, -0.25) is 14.4 Å². The molecular weight excluding hydrogens is 374 g/mol. The van der Waals surface area contributed by atoms with Crippen LogP contribution >= 0.6 is 11.3 Å². The molecule has 0 radical (unpaired) electrons. The number of hydrogen-bond acceptors (Lipinski definition) is 4. The molecule has 0 bridgehead atoms. The van der Waals surface area contributed by atoms with Crippen molar-refractivity contribution >= 4 is 34.1 Å². The summed E-state index contributed by atoms with van der Waals surface area (Å²) in [4.78, 5) is 37.0. The topological polar surface area (TPSA) is 101 Å². The smallest absolute Gasteiger partial charge is 0.256 e. The van der Waals surface area contributed by atoms with Crippen molar-refractivity contribution in [2.24, 2.45) is 11.7 Å². The number of hydrogen-bond donors (Lipinski definition) is 3. The molecule has 7 heteroatoms. The fourth-order valence-corrected chi connectivity index (χ4v) is 4.72. The lowest BCUT2D eigenvalue weighted by Gasteiger charge is -2.18. The molecule has 1 aliphatic rings. The third-order valence-electron chi connectivity index (χ3n) is 4.85. The van der Waals surface area contributed by atoms with E-state index < -0.39 is 5.91 Å². The highest BCUT2D eigenvalue weighted by atomic mass is 32.1. The first-order valence-corrected chi connectivity index (χ1v) is 9.95. The van der Waals surface area contributed by atoms with Crippen LogP contribution in [0.3, 0.4) is 0 Å². The number of rotatable bonds is 6. The zero-order valence-corrected chi connectivity index (χ0v) is 16.5. The zero-order valence-electron chi connectivity index (χ0n) is 15.7. The van der Waals surface area contributed by atoms with Crippen molar-refractivity contribution in [2.75, 3.05) is 5.32 Å². The summed E-state index contributed by atoms with van der Waals surface area (Å²) >= 11 is 1.44. The van der Waals surface area contributed by atoms with Gasteiger partial charge in [-0.2, -0.15) is 0 Å². The van der Waals surface area contributed by atoms with Gasteiger partial charge in [0.05, 0.1) is 5.56 Å². The first kappa shape index (κ1) is 19.8. The van der Waals surface area contributed by atoms with Crippen LogP contribution < -0.4 is 16.4 Å². The molecule has 1 heterocycles. The van der Waals surface area contributed by atoms with Crippen LogP contribution in [0, 0.1) is 5.92 Å². The van der Waals surface area contributed by atoms with Crippen molar-refractivity contribution in [3.05, 3.63) is 64.1 Å². The number of anilines is 1. The lowest BCUT2D eigenvalue weighted by Crippen LogP contribution is -2.20. The van der Waals surface area contributed by atoms with Crippen LogP contribution in [0.25, 0.3) is 0 Å². The third-order valence-corrected chi connectivity index (χ3v) is 6.02. The lowest BCUT2D eigenvalue weighted by molar-refractivity contribution is -0.116. The molecule has 28 heavy (non-hydrogen) atoms. The summed E-state index contributed by atoms with van der Waals surface area (Å²) < 4.78 is 0. The normalized spacial score (nSPS) is 15.4. The van der Waals surface area contributed by atoms with Crippen LogP contribution in [0.4, 0.5) is 5.00 Å². The molecule has 1 aromatic carbocycles. The monoisotopic (exact) mass is 397 g/mol. The van der Waals surface area contributed by atoms with Crippen molar-refractivity contribution in [2.45, 2.75) is 32.7 Å². The molecule has 3 rings (SSSR count). The molecule has 0 saturated carbocycles. The predicted octanol–water partition coefficient (Wildman–Crippen LogP) is 3.03. The molecule has 146 valence electrons. The summed E-state index contributed by atoms with van der Waals surface area (Å²) in [5.41, 5.74) is 8.36. The molecule has 1 atom stereocenters. The molecule has 1 unspecified atom stereocenters. The van der Waals surface area contributed by atoms with Gasteiger partial charge in [-0.25, -0.2) is 0 Å². The van der Waals surface area contributed by atoms with E-state index in [1.807, 2.05) is 0 Å². The van der Waals surface area contributed by atoms with E-state index in [1.54, 1.807) is 24.3 Å². The lowest BCUT2D eigenvalue weighted by atomic mass is 9.88. The Morgan fingerprint density at radius 1 is 1.29 bits per heavy atom. The number of benzene rings is 1. The van der Waals surface area contributed by atoms with E-state index in [9.17, 15) is 14.4 Å². The number of primary amides is 1. The first-order valence-electron chi connectivity index (χ1n) is 9.14. The Hall–Kier alpha value is -2.93. The maximum Gasteiger partial charge on any atom is 0.256 e. The molecule has 2 aromatic rings. The van der Waals surface area contributed by atoms with Gasteiger partial charge in [-0.15, -0.1) is 11.3 Å². The highest BCUT2D eigenvalue weighted by Crippen LogP contribution is 2.39. The molecular formula is C21H23N3O3S. The predicted molar refractivity (Wildman–Crippen MR) is 110 cm³/mol. The van der Waals surface area contributed by atoms with Gasteiger partial charge in [0.25, 0.3) is 11.8 Å². The minimum Gasteiger partial charge on any atom is -0.365 e. The second-order valence-corrected chi connectivity index (χ2v) is 8.10. The molecule has 0 fully saturated rings. The highest BCUT2D eigenvalue weighted by Gasteiger charge is 2.27. The van der Waals surface area contributed by atoms with Crippen molar-refractivity contribution in [1.82, 2.24) is 5.32 Å². The number of carbonyl (C=O) groups excluding carboxylic acids is 3. The summed E-state index contributed by atoms with van der Waals surface area (Å²) in [6.07, 6.45) is 3.94. The fraction of sp³-hybridized carbons (Fsp3) is 0.286. The van der Waals surface area contributed by atoms with Gasteiger partial charge >= 0.3 is 0 Å². The van der Waals surface area contributed by atoms with Gasteiger partial charge in [0.1, 0.15) is 5.00 Å². The minimum atomic E-state index is -0.504. The van der Waals surface area contributed by atoms with Crippen molar-refractivity contribution in [1.29, 1.82) is 0 Å². The van der Waals surface area contributed by atoms with Crippen LogP contribution in [0.15, 0.2) is 36.9 Å². The van der Waals surface area contributed by atoms with Gasteiger partial charge < -0.3 is 16.4 Å². The molecule has 0 aliphatic heterocycles. The standard InChI is InChI=1S/C21H23N3O3S/c1-3-17(25)23-11-13-5-7-14(8-6-13)20(27)24-21-18(19(22)26)15-9-4-12(2)10-16(15)28-21/h3,5-8,12H,1,4,9-11H2,2H3,(H2,22,26)(H,23,25)(H,24,27). The minimum absolute atomic E-state index is 0.253. The number of fused-ring (bicyclic) bond motifs is 1. The van der Waals surface area contributed by atoms with Crippen LogP contribution in [0.2, 0.25) is 0 Å². The van der Waals surface area contributed by atoms with Crippen LogP contribution in [0.5, 0.6) is 0 Å². The van der Waals surface area contributed by atoms with Gasteiger partial charge in [0, 0.05) is 17.0 Å². The Morgan fingerprint density at radius 2 is 2.00 bits per heavy atom. The molecule has 6 nitrogen and oxygen atoms in total. The summed E-state index contributed by atoms with van der Waals surface area (Å²) in [7, 11) is 0. The van der Waals surface area contributed by atoms with Crippen LogP contribution in [-0.4, -0.2) is 17.7 Å². The first-order chi connectivity index (χ1) is 13.4. The van der Waals surface area contributed by atoms with Crippen molar-refractivity contribution in [3.63, 3.8) is 0 Å². The average Bonchev–Trinajstić information content (AvgIpc) is 3.03. The van der Waals surface area contributed by atoms with E-state index in [2.05, 4.69) is 24.1 Å². The molecule has 0 saturated heterocycles. The van der Waals surface area contributed by atoms with E-state index in [-0.39, 0.29) is 11.8 Å². The Bertz CT molecular complexity index is 931. The Balaban J connectivity index is 1.75. The molecule has 0 spiro atoms. The fourth-order valence-electron chi connectivity index (χ4n) is 3.31. The van der Waals surface area contributed by atoms with Crippen LogP contribution in [0.1, 0.15) is 50.1 Å². The largest absolute Gasteiger partial charge is 0.365 e. The SMILES string of the molecule is C=CC(=O)NCc1ccc(C(=O)Nc2sc3c(c2C(N)=O)CCC(C)C3)cc1. The summed E-state index contributed by atoms with van der Waals surface area (Å²) in [5.74, 6) is -0.493. The zero-order chi connectivity index (χ0) is 20.3. The number of nitrogens with one attached hydrogen (secondary N) is 2. The Morgan fingerprint density at radius 3 is 2.64 bits per heavy atom. The summed E-state index contributed by atoms with van der Waals surface area (Å²) in [6, 6.07) is 6.91. The maximum atomic E-state index is 12.7. The second kappa shape index (κ2) is 8.39. The van der Waals surface area contributed by atoms with Crippen molar-refractivity contribution < 1.29 is 14.4 Å². The summed E-state index contributed by atoms with van der Waals surface area (Å²) in [6.45, 7) is 5.94. The number of amides is 3. The number of carbonyl (C=O) groups is 3. The molecule has 3 amide bonds. The van der Waals surface area contributed by atoms with E-state index in [0.717, 1.165) is 35.3 Å². The number of thiophene rings is 1. The van der Waals surface area contributed by atoms with Gasteiger partial charge in [0.2, 0.25) is 5.91 Å². The molecule has 1 aromatic heterocycles. The van der Waals surface area contributed by atoms with Crippen molar-refractivity contribution in [3.8, 4) is 0 Å².